The average molecular weight is 474 g/mol. The average Bonchev–Trinajstić information content (AvgIpc) is 3.32. The molecular formula is C27H27N3O3S. The van der Waals surface area contributed by atoms with Crippen LogP contribution < -0.4 is 0 Å². The van der Waals surface area contributed by atoms with Gasteiger partial charge < -0.3 is 4.42 Å². The summed E-state index contributed by atoms with van der Waals surface area (Å²) in [5.74, 6) is 1.21. The molecule has 4 aromatic rings. The highest BCUT2D eigenvalue weighted by atomic mass is 32.2. The lowest BCUT2D eigenvalue weighted by atomic mass is 9.96. The van der Waals surface area contributed by atoms with Crippen LogP contribution >= 0.6 is 0 Å². The molecule has 3 aromatic carbocycles. The van der Waals surface area contributed by atoms with Gasteiger partial charge >= 0.3 is 0 Å². The molecule has 174 valence electrons. The number of rotatable bonds is 6. The Morgan fingerprint density at radius 1 is 0.794 bits per heavy atom. The van der Waals surface area contributed by atoms with E-state index in [0.29, 0.717) is 42.7 Å². The normalized spacial score (nSPS) is 15.6. The first-order valence-corrected chi connectivity index (χ1v) is 12.8. The van der Waals surface area contributed by atoms with Crippen molar-refractivity contribution in [2.24, 2.45) is 0 Å². The fourth-order valence-corrected chi connectivity index (χ4v) is 5.94. The van der Waals surface area contributed by atoms with Gasteiger partial charge in [-0.25, -0.2) is 13.4 Å². The van der Waals surface area contributed by atoms with Gasteiger partial charge in [-0.2, -0.15) is 4.31 Å². The second-order valence-corrected chi connectivity index (χ2v) is 10.4. The van der Waals surface area contributed by atoms with Gasteiger partial charge in [0.1, 0.15) is 0 Å². The molecule has 0 saturated carbocycles. The fraction of sp³-hybridized carbons (Fsp3) is 0.222. The molecular weight excluding hydrogens is 446 g/mol. The summed E-state index contributed by atoms with van der Waals surface area (Å²) in [7, 11) is -3.57. The third-order valence-corrected chi connectivity index (χ3v) is 8.18. The second kappa shape index (κ2) is 9.54. The summed E-state index contributed by atoms with van der Waals surface area (Å²) in [6.07, 6.45) is 1.65. The highest BCUT2D eigenvalue weighted by Gasteiger charge is 2.32. The van der Waals surface area contributed by atoms with Crippen molar-refractivity contribution >= 4 is 10.0 Å². The maximum Gasteiger partial charge on any atom is 0.243 e. The van der Waals surface area contributed by atoms with Crippen molar-refractivity contribution in [3.05, 3.63) is 108 Å². The first kappa shape index (κ1) is 22.5. The van der Waals surface area contributed by atoms with Crippen LogP contribution in [0.15, 0.2) is 100 Å². The maximum atomic E-state index is 13.3. The van der Waals surface area contributed by atoms with Crippen molar-refractivity contribution in [3.8, 4) is 11.3 Å². The molecule has 0 bridgehead atoms. The van der Waals surface area contributed by atoms with E-state index in [1.807, 2.05) is 12.1 Å². The first-order chi connectivity index (χ1) is 16.5. The summed E-state index contributed by atoms with van der Waals surface area (Å²) in [6.45, 7) is 3.98. The standard InChI is InChI=1S/C27H27N3O3S/c1-21-28-20-26(33-21)22-12-14-25(15-13-22)34(31,32)30-18-16-29(17-19-30)27(23-8-4-2-5-9-23)24-10-6-3-7-11-24/h2-15,20,27H,16-19H2,1H3. The highest BCUT2D eigenvalue weighted by molar-refractivity contribution is 7.89. The van der Waals surface area contributed by atoms with E-state index in [2.05, 4.69) is 58.4 Å². The predicted octanol–water partition coefficient (Wildman–Crippen LogP) is 4.75. The lowest BCUT2D eigenvalue weighted by molar-refractivity contribution is 0.156. The minimum atomic E-state index is -3.57. The van der Waals surface area contributed by atoms with Crippen molar-refractivity contribution in [1.29, 1.82) is 0 Å². The van der Waals surface area contributed by atoms with Crippen LogP contribution in [-0.4, -0.2) is 48.8 Å². The third-order valence-electron chi connectivity index (χ3n) is 6.27. The van der Waals surface area contributed by atoms with E-state index >= 15 is 0 Å². The molecule has 0 unspecified atom stereocenters. The van der Waals surface area contributed by atoms with Gasteiger partial charge in [0.25, 0.3) is 0 Å². The quantitative estimate of drug-likeness (QED) is 0.404. The number of sulfonamides is 1. The van der Waals surface area contributed by atoms with Crippen LogP contribution in [0, 0.1) is 6.92 Å². The molecule has 0 amide bonds. The maximum absolute atomic E-state index is 13.3. The summed E-state index contributed by atoms with van der Waals surface area (Å²) in [6, 6.07) is 27.7. The predicted molar refractivity (Wildman–Crippen MR) is 132 cm³/mol. The van der Waals surface area contributed by atoms with Crippen molar-refractivity contribution in [3.63, 3.8) is 0 Å². The second-order valence-electron chi connectivity index (χ2n) is 8.43. The molecule has 0 atom stereocenters. The third kappa shape index (κ3) is 4.55. The zero-order chi connectivity index (χ0) is 23.5. The minimum absolute atomic E-state index is 0.0944. The topological polar surface area (TPSA) is 66.7 Å². The monoisotopic (exact) mass is 473 g/mol. The van der Waals surface area contributed by atoms with E-state index in [0.717, 1.165) is 5.56 Å². The van der Waals surface area contributed by atoms with Crippen LogP contribution in [-0.2, 0) is 10.0 Å². The van der Waals surface area contributed by atoms with Gasteiger partial charge in [0.2, 0.25) is 10.0 Å². The van der Waals surface area contributed by atoms with Gasteiger partial charge in [-0.15, -0.1) is 0 Å². The van der Waals surface area contributed by atoms with Crippen LogP contribution in [0.1, 0.15) is 23.1 Å². The SMILES string of the molecule is Cc1ncc(-c2ccc(S(=O)(=O)N3CCN(C(c4ccccc4)c4ccccc4)CC3)cc2)o1. The van der Waals surface area contributed by atoms with Gasteiger partial charge in [0, 0.05) is 38.7 Å². The Bertz CT molecular complexity index is 1290. The zero-order valence-electron chi connectivity index (χ0n) is 19.0. The molecule has 0 spiro atoms. The summed E-state index contributed by atoms with van der Waals surface area (Å²) in [4.78, 5) is 6.77. The van der Waals surface area contributed by atoms with E-state index in [9.17, 15) is 8.42 Å². The molecule has 0 aliphatic carbocycles. The van der Waals surface area contributed by atoms with Gasteiger partial charge in [-0.05, 0) is 35.4 Å². The molecule has 5 rings (SSSR count). The zero-order valence-corrected chi connectivity index (χ0v) is 19.9. The molecule has 1 saturated heterocycles. The molecule has 1 aromatic heterocycles. The minimum Gasteiger partial charge on any atom is -0.441 e. The Morgan fingerprint density at radius 3 is 1.85 bits per heavy atom. The Balaban J connectivity index is 1.32. The van der Waals surface area contributed by atoms with Crippen molar-refractivity contribution in [2.45, 2.75) is 17.9 Å². The van der Waals surface area contributed by atoms with E-state index in [1.165, 1.54) is 11.1 Å². The van der Waals surface area contributed by atoms with Gasteiger partial charge in [-0.1, -0.05) is 60.7 Å². The number of oxazole rings is 1. The molecule has 0 radical (unpaired) electrons. The van der Waals surface area contributed by atoms with E-state index in [-0.39, 0.29) is 6.04 Å². The molecule has 1 aliphatic rings. The molecule has 7 heteroatoms. The van der Waals surface area contributed by atoms with E-state index < -0.39 is 10.0 Å². The van der Waals surface area contributed by atoms with Crippen LogP contribution in [0.5, 0.6) is 0 Å². The summed E-state index contributed by atoms with van der Waals surface area (Å²) in [5.41, 5.74) is 3.23. The molecule has 6 nitrogen and oxygen atoms in total. The number of hydrogen-bond donors (Lipinski definition) is 0. The van der Waals surface area contributed by atoms with E-state index in [1.54, 1.807) is 41.7 Å². The number of nitrogens with zero attached hydrogens (tertiary/aromatic N) is 3. The number of aryl methyl sites for hydroxylation is 1. The van der Waals surface area contributed by atoms with Gasteiger partial charge in [0.05, 0.1) is 17.1 Å². The van der Waals surface area contributed by atoms with Crippen molar-refractivity contribution in [1.82, 2.24) is 14.2 Å². The van der Waals surface area contributed by atoms with Crippen LogP contribution in [0.4, 0.5) is 0 Å². The van der Waals surface area contributed by atoms with Crippen LogP contribution in [0.25, 0.3) is 11.3 Å². The number of benzene rings is 3. The summed E-state index contributed by atoms with van der Waals surface area (Å²) in [5, 5.41) is 0. The number of piperazine rings is 1. The Hall–Kier alpha value is -3.26. The molecule has 34 heavy (non-hydrogen) atoms. The first-order valence-electron chi connectivity index (χ1n) is 11.4. The fourth-order valence-electron chi connectivity index (χ4n) is 4.52. The Morgan fingerprint density at radius 2 is 1.35 bits per heavy atom. The largest absolute Gasteiger partial charge is 0.441 e. The van der Waals surface area contributed by atoms with Gasteiger partial charge in [0.15, 0.2) is 11.7 Å². The summed E-state index contributed by atoms with van der Waals surface area (Å²) >= 11 is 0. The Kier molecular flexibility index (Phi) is 6.32. The van der Waals surface area contributed by atoms with Crippen LogP contribution in [0.3, 0.4) is 0 Å². The lowest BCUT2D eigenvalue weighted by Crippen LogP contribution is -2.49. The number of aromatic nitrogens is 1. The lowest BCUT2D eigenvalue weighted by Gasteiger charge is -2.39. The van der Waals surface area contributed by atoms with Crippen molar-refractivity contribution in [2.75, 3.05) is 26.2 Å². The Labute approximate surface area is 200 Å². The van der Waals surface area contributed by atoms with Crippen molar-refractivity contribution < 1.29 is 12.8 Å². The molecule has 1 aliphatic heterocycles. The summed E-state index contributed by atoms with van der Waals surface area (Å²) < 4.78 is 33.8. The van der Waals surface area contributed by atoms with E-state index in [4.69, 9.17) is 4.42 Å². The van der Waals surface area contributed by atoms with Gasteiger partial charge in [-0.3, -0.25) is 4.90 Å². The number of hydrogen-bond acceptors (Lipinski definition) is 5. The highest BCUT2D eigenvalue weighted by Crippen LogP contribution is 2.31. The molecule has 0 N–H and O–H groups in total. The molecule has 2 heterocycles. The molecule has 1 fully saturated rings. The van der Waals surface area contributed by atoms with Crippen LogP contribution in [0.2, 0.25) is 0 Å². The smallest absolute Gasteiger partial charge is 0.243 e.